The summed E-state index contributed by atoms with van der Waals surface area (Å²) in [6.45, 7) is 9.01. The Bertz CT molecular complexity index is 1240. The molecular formula is C27H32ClN3O4S. The van der Waals surface area contributed by atoms with Crippen LogP contribution < -0.4 is 9.46 Å². The van der Waals surface area contributed by atoms with Crippen molar-refractivity contribution in [2.24, 2.45) is 0 Å². The molecule has 1 amide bonds. The van der Waals surface area contributed by atoms with Crippen LogP contribution in [0.4, 0.5) is 4.79 Å². The lowest BCUT2D eigenvalue weighted by molar-refractivity contribution is 0.00932. The molecule has 0 saturated carbocycles. The molecule has 1 aliphatic heterocycles. The van der Waals surface area contributed by atoms with Crippen LogP contribution in [0.5, 0.6) is 5.75 Å². The maximum Gasteiger partial charge on any atom is 0.410 e. The van der Waals surface area contributed by atoms with Crippen molar-refractivity contribution in [1.82, 2.24) is 14.6 Å². The van der Waals surface area contributed by atoms with Gasteiger partial charge in [-0.3, -0.25) is 0 Å². The SMILES string of the molecule is CCC(N[S@@](=O)C(C)(C)C)c1ccc(OC2CN(C(=O)OCc3ccccc3)C2)c2cnc(Cl)cc12. The molecule has 1 saturated heterocycles. The van der Waals surface area contributed by atoms with Crippen molar-refractivity contribution in [3.63, 3.8) is 0 Å². The predicted molar refractivity (Wildman–Crippen MR) is 143 cm³/mol. The zero-order chi connectivity index (χ0) is 25.9. The maximum absolute atomic E-state index is 12.8. The molecule has 7 nitrogen and oxygen atoms in total. The number of rotatable bonds is 8. The molecule has 192 valence electrons. The van der Waals surface area contributed by atoms with E-state index < -0.39 is 11.0 Å². The Morgan fingerprint density at radius 2 is 1.92 bits per heavy atom. The van der Waals surface area contributed by atoms with E-state index in [1.165, 1.54) is 0 Å². The number of benzene rings is 2. The summed E-state index contributed by atoms with van der Waals surface area (Å²) in [6.07, 6.45) is 1.96. The van der Waals surface area contributed by atoms with Crippen molar-refractivity contribution >= 4 is 39.5 Å². The van der Waals surface area contributed by atoms with Gasteiger partial charge in [0.25, 0.3) is 0 Å². The lowest BCUT2D eigenvalue weighted by Crippen LogP contribution is -2.56. The first kappa shape index (κ1) is 26.4. The zero-order valence-electron chi connectivity index (χ0n) is 21.0. The van der Waals surface area contributed by atoms with E-state index >= 15 is 0 Å². The van der Waals surface area contributed by atoms with Crippen LogP contribution in [0.2, 0.25) is 5.15 Å². The third kappa shape index (κ3) is 6.17. The van der Waals surface area contributed by atoms with E-state index in [0.29, 0.717) is 24.0 Å². The van der Waals surface area contributed by atoms with Crippen molar-refractivity contribution in [2.45, 2.75) is 57.6 Å². The van der Waals surface area contributed by atoms with Gasteiger partial charge in [0.1, 0.15) is 23.6 Å². The van der Waals surface area contributed by atoms with Crippen LogP contribution in [-0.2, 0) is 22.3 Å². The van der Waals surface area contributed by atoms with Gasteiger partial charge in [-0.05, 0) is 55.8 Å². The lowest BCUT2D eigenvalue weighted by Gasteiger charge is -2.38. The number of halogens is 1. The van der Waals surface area contributed by atoms with Crippen LogP contribution in [0.1, 0.15) is 51.3 Å². The van der Waals surface area contributed by atoms with E-state index in [1.54, 1.807) is 11.1 Å². The van der Waals surface area contributed by atoms with Gasteiger partial charge in [-0.25, -0.2) is 18.7 Å². The molecule has 4 rings (SSSR count). The molecular weight excluding hydrogens is 498 g/mol. The van der Waals surface area contributed by atoms with Gasteiger partial charge in [0.2, 0.25) is 0 Å². The van der Waals surface area contributed by atoms with Gasteiger partial charge in [-0.1, -0.05) is 54.9 Å². The summed E-state index contributed by atoms with van der Waals surface area (Å²) >= 11 is 6.25. The summed E-state index contributed by atoms with van der Waals surface area (Å²) in [5.74, 6) is 0.673. The topological polar surface area (TPSA) is 80.8 Å². The summed E-state index contributed by atoms with van der Waals surface area (Å²) in [6, 6.07) is 15.2. The van der Waals surface area contributed by atoms with Crippen LogP contribution in [0.3, 0.4) is 0 Å². The third-order valence-corrected chi connectivity index (χ3v) is 7.87. The minimum Gasteiger partial charge on any atom is -0.486 e. The predicted octanol–water partition coefficient (Wildman–Crippen LogP) is 5.79. The Kier molecular flexibility index (Phi) is 8.17. The van der Waals surface area contributed by atoms with Gasteiger partial charge in [0.05, 0.1) is 28.8 Å². The minimum absolute atomic E-state index is 0.126. The normalized spacial score (nSPS) is 15.9. The summed E-state index contributed by atoms with van der Waals surface area (Å²) in [4.78, 5) is 18.2. The molecule has 36 heavy (non-hydrogen) atoms. The number of nitrogens with zero attached hydrogens (tertiary/aromatic N) is 2. The number of amides is 1. The van der Waals surface area contributed by atoms with Crippen molar-refractivity contribution in [1.29, 1.82) is 0 Å². The Morgan fingerprint density at radius 3 is 2.58 bits per heavy atom. The summed E-state index contributed by atoms with van der Waals surface area (Å²) < 4.78 is 27.3. The Balaban J connectivity index is 1.44. The highest BCUT2D eigenvalue weighted by Crippen LogP contribution is 2.35. The van der Waals surface area contributed by atoms with Gasteiger partial charge in [0, 0.05) is 17.6 Å². The highest BCUT2D eigenvalue weighted by Gasteiger charge is 2.34. The molecule has 9 heteroatoms. The van der Waals surface area contributed by atoms with Gasteiger partial charge >= 0.3 is 6.09 Å². The van der Waals surface area contributed by atoms with E-state index in [2.05, 4.69) is 16.6 Å². The number of carbonyl (C=O) groups is 1. The molecule has 1 aliphatic rings. The van der Waals surface area contributed by atoms with Crippen molar-refractivity contribution in [3.05, 3.63) is 71.0 Å². The summed E-state index contributed by atoms with van der Waals surface area (Å²) in [5, 5.41) is 2.10. The Labute approximate surface area is 219 Å². The first-order valence-electron chi connectivity index (χ1n) is 12.0. The monoisotopic (exact) mass is 529 g/mol. The first-order valence-corrected chi connectivity index (χ1v) is 13.6. The van der Waals surface area contributed by atoms with Crippen LogP contribution in [-0.4, -0.2) is 44.1 Å². The van der Waals surface area contributed by atoms with Crippen LogP contribution in [0.25, 0.3) is 10.8 Å². The fourth-order valence-corrected chi connectivity index (χ4v) is 5.00. The summed E-state index contributed by atoms with van der Waals surface area (Å²) in [5.41, 5.74) is 1.93. The van der Waals surface area contributed by atoms with Crippen LogP contribution >= 0.6 is 11.6 Å². The van der Waals surface area contributed by atoms with E-state index in [4.69, 9.17) is 21.1 Å². The zero-order valence-corrected chi connectivity index (χ0v) is 22.6. The number of hydrogen-bond donors (Lipinski definition) is 1. The molecule has 2 aromatic carbocycles. The molecule has 3 aromatic rings. The lowest BCUT2D eigenvalue weighted by atomic mass is 9.98. The number of nitrogens with one attached hydrogen (secondary N) is 1. The molecule has 2 atom stereocenters. The van der Waals surface area contributed by atoms with Gasteiger partial charge in [0.15, 0.2) is 0 Å². The van der Waals surface area contributed by atoms with E-state index in [0.717, 1.165) is 28.3 Å². The second-order valence-electron chi connectivity index (χ2n) is 9.85. The number of carbonyl (C=O) groups excluding carboxylic acids is 1. The number of ether oxygens (including phenoxy) is 2. The van der Waals surface area contributed by atoms with Crippen LogP contribution in [0.15, 0.2) is 54.7 Å². The van der Waals surface area contributed by atoms with E-state index in [9.17, 15) is 9.00 Å². The van der Waals surface area contributed by atoms with Gasteiger partial charge in [-0.15, -0.1) is 0 Å². The number of fused-ring (bicyclic) bond motifs is 1. The quantitative estimate of drug-likeness (QED) is 0.373. The van der Waals surface area contributed by atoms with E-state index in [-0.39, 0.29) is 29.6 Å². The van der Waals surface area contributed by atoms with E-state index in [1.807, 2.05) is 69.3 Å². The van der Waals surface area contributed by atoms with Crippen molar-refractivity contribution in [3.8, 4) is 5.75 Å². The molecule has 0 aliphatic carbocycles. The maximum atomic E-state index is 12.8. The van der Waals surface area contributed by atoms with Crippen molar-refractivity contribution < 1.29 is 18.5 Å². The Hall–Kier alpha value is -2.68. The average molecular weight is 530 g/mol. The number of likely N-dealkylation sites (tertiary alicyclic amines) is 1. The average Bonchev–Trinajstić information content (AvgIpc) is 2.82. The molecule has 1 N–H and O–H groups in total. The second-order valence-corrected chi connectivity index (χ2v) is 12.2. The largest absolute Gasteiger partial charge is 0.486 e. The molecule has 1 aromatic heterocycles. The third-order valence-electron chi connectivity index (χ3n) is 6.06. The van der Waals surface area contributed by atoms with Crippen molar-refractivity contribution in [2.75, 3.05) is 13.1 Å². The molecule has 0 bridgehead atoms. The smallest absolute Gasteiger partial charge is 0.410 e. The highest BCUT2D eigenvalue weighted by molar-refractivity contribution is 7.84. The highest BCUT2D eigenvalue weighted by atomic mass is 35.5. The van der Waals surface area contributed by atoms with Gasteiger partial charge < -0.3 is 14.4 Å². The number of pyridine rings is 1. The number of aromatic nitrogens is 1. The second kappa shape index (κ2) is 11.2. The first-order chi connectivity index (χ1) is 17.2. The molecule has 0 spiro atoms. The standard InChI is InChI=1S/C27H32ClN3O4S/c1-5-23(30-36(33)27(2,3)4)20-11-12-24(22-14-29-25(28)13-21(20)22)35-19-15-31(16-19)26(32)34-17-18-9-7-6-8-10-18/h6-14,19,23,30H,5,15-17H2,1-4H3/t23?,36-/m0/s1. The number of hydrogen-bond acceptors (Lipinski definition) is 5. The fraction of sp³-hybridized carbons (Fsp3) is 0.407. The minimum atomic E-state index is -1.22. The van der Waals surface area contributed by atoms with Gasteiger partial charge in [-0.2, -0.15) is 0 Å². The summed E-state index contributed by atoms with van der Waals surface area (Å²) in [7, 11) is -1.22. The molecule has 1 fully saturated rings. The Morgan fingerprint density at radius 1 is 1.19 bits per heavy atom. The molecule has 0 radical (unpaired) electrons. The molecule has 2 heterocycles. The fourth-order valence-electron chi connectivity index (χ4n) is 3.94. The van der Waals surface area contributed by atoms with Crippen LogP contribution in [0, 0.1) is 0 Å². The molecule has 1 unspecified atom stereocenters.